The van der Waals surface area contributed by atoms with E-state index in [0.717, 1.165) is 32.4 Å². The van der Waals surface area contributed by atoms with Crippen LogP contribution in [0, 0.1) is 17.8 Å². The van der Waals surface area contributed by atoms with Crippen LogP contribution in [0.25, 0.3) is 39.8 Å². The average Bonchev–Trinajstić information content (AvgIpc) is 0.812. The van der Waals surface area contributed by atoms with E-state index in [-0.39, 0.29) is 19.8 Å². The molecule has 6 rings (SSSR count). The highest BCUT2D eigenvalue weighted by molar-refractivity contribution is 5.98. The Hall–Kier alpha value is -11.7. The second-order valence-corrected chi connectivity index (χ2v) is 23.9. The molecule has 6 aromatic rings. The van der Waals surface area contributed by atoms with E-state index < -0.39 is 150 Å². The molecule has 9 unspecified atom stereocenters. The molecule has 0 saturated carbocycles. The lowest BCUT2D eigenvalue weighted by molar-refractivity contribution is -0.185. The van der Waals surface area contributed by atoms with Gasteiger partial charge in [-0.25, -0.2) is 47.9 Å². The van der Waals surface area contributed by atoms with Gasteiger partial charge in [0, 0.05) is 27.4 Å². The molecule has 0 aliphatic carbocycles. The number of aliphatic carboxylic acids is 4. The summed E-state index contributed by atoms with van der Waals surface area (Å²) in [5.74, 6) is -14.2. The summed E-state index contributed by atoms with van der Waals surface area (Å²) >= 11 is 0. The smallest absolute Gasteiger partial charge is 0.350 e. The highest BCUT2D eigenvalue weighted by Crippen LogP contribution is 2.22. The largest absolute Gasteiger partial charge is 0.479 e. The number of methoxy groups -OCH3 is 3. The van der Waals surface area contributed by atoms with Gasteiger partial charge in [0.05, 0.1) is 37.6 Å². The second-order valence-electron chi connectivity index (χ2n) is 23.9. The molecule has 0 heterocycles. The van der Waals surface area contributed by atoms with Crippen LogP contribution in [-0.4, -0.2) is 194 Å². The van der Waals surface area contributed by atoms with Crippen molar-refractivity contribution in [2.75, 3.05) is 41.2 Å². The third-order valence-corrected chi connectivity index (χ3v) is 13.6. The number of carboxylic acids is 4. The van der Waals surface area contributed by atoms with Crippen LogP contribution in [0.4, 0.5) is 0 Å². The zero-order valence-electron chi connectivity index (χ0n) is 62.8. The monoisotopic (exact) mass is 1510 g/mol. The lowest BCUT2D eigenvalue weighted by Crippen LogP contribution is -2.39. The van der Waals surface area contributed by atoms with Crippen LogP contribution in [0.1, 0.15) is 99.8 Å². The highest BCUT2D eigenvalue weighted by atomic mass is 16.7. The van der Waals surface area contributed by atoms with Gasteiger partial charge in [-0.3, -0.25) is 14.4 Å². The molecule has 0 aliphatic rings. The minimum absolute atomic E-state index is 0.332. The van der Waals surface area contributed by atoms with Gasteiger partial charge in [0.2, 0.25) is 18.3 Å². The molecule has 4 N–H and O–H groups in total. The average molecular weight is 1510 g/mol. The summed E-state index contributed by atoms with van der Waals surface area (Å²) in [6.07, 6.45) is -5.37. The Balaban J connectivity index is 0.000000659. The lowest BCUT2D eigenvalue weighted by Gasteiger charge is -2.20. The molecule has 6 aromatic carbocycles. The molecular formula is C79H96O29. The van der Waals surface area contributed by atoms with E-state index >= 15 is 0 Å². The molecule has 9 atom stereocenters. The van der Waals surface area contributed by atoms with Gasteiger partial charge < -0.3 is 77.3 Å². The van der Waals surface area contributed by atoms with Gasteiger partial charge in [0.25, 0.3) is 0 Å². The maximum Gasteiger partial charge on any atom is 0.350 e. The van der Waals surface area contributed by atoms with Crippen molar-refractivity contribution in [3.05, 3.63) is 174 Å². The zero-order valence-corrected chi connectivity index (χ0v) is 62.8. The summed E-state index contributed by atoms with van der Waals surface area (Å²) in [6.45, 7) is 15.9. The number of carbonyl (C=O) groups excluding carboxylic acids is 9. The lowest BCUT2D eigenvalue weighted by atomic mass is 10.0. The van der Waals surface area contributed by atoms with Gasteiger partial charge in [0.15, 0.2) is 36.6 Å². The Morgan fingerprint density at radius 2 is 0.491 bits per heavy atom. The summed E-state index contributed by atoms with van der Waals surface area (Å²) in [5, 5.41) is 39.6. The van der Waals surface area contributed by atoms with Crippen LogP contribution in [0.2, 0.25) is 0 Å². The van der Waals surface area contributed by atoms with Gasteiger partial charge in [-0.15, -0.1) is 0 Å². The minimum atomic E-state index is -1.46. The van der Waals surface area contributed by atoms with Crippen molar-refractivity contribution in [1.82, 2.24) is 0 Å². The molecule has 0 aliphatic heterocycles. The van der Waals surface area contributed by atoms with Crippen LogP contribution in [0.15, 0.2) is 158 Å². The zero-order chi connectivity index (χ0) is 81.6. The minimum Gasteiger partial charge on any atom is -0.479 e. The van der Waals surface area contributed by atoms with E-state index in [1.54, 1.807) is 47.6 Å². The molecule has 586 valence electrons. The number of hydrogen-bond donors (Lipinski definition) is 4. The molecule has 29 heteroatoms. The molecule has 0 bridgehead atoms. The molecular weight excluding hydrogens is 1410 g/mol. The molecule has 0 fully saturated rings. The van der Waals surface area contributed by atoms with Crippen molar-refractivity contribution in [3.63, 3.8) is 0 Å². The topological polar surface area (TPSA) is 414 Å². The Morgan fingerprint density at radius 1 is 0.278 bits per heavy atom. The Bertz CT molecular complexity index is 3540. The highest BCUT2D eigenvalue weighted by Gasteiger charge is 2.34. The predicted octanol–water partition coefficient (Wildman–Crippen LogP) is 10.1. The number of rotatable bonds is 31. The second kappa shape index (κ2) is 51.5. The van der Waals surface area contributed by atoms with Gasteiger partial charge >= 0.3 is 77.6 Å². The third-order valence-electron chi connectivity index (χ3n) is 13.6. The summed E-state index contributed by atoms with van der Waals surface area (Å²) in [7, 11) is 3.78. The summed E-state index contributed by atoms with van der Waals surface area (Å²) in [4.78, 5) is 147. The summed E-state index contributed by atoms with van der Waals surface area (Å²) in [6, 6.07) is 51.4. The SMILES string of the molecule is C(=C\c1ccccc1)/c1ccccc1.COCC(OC(=O)C(C)OC(=O)C(C)C)C(=O)OC(C)C(=O)O.COCC(OC(=O)C(C)OC(=O)C(C)C)C(=O)OC(C)C(=O)O.COCC(OC(=O)C(C)OC(=O)C(C)C)C(=O)OC(C)C(=O)O.O=C(O)/C=C/c1ccccc1.c1ccc2cc3ccccc3cc2c1. The van der Waals surface area contributed by atoms with Gasteiger partial charge in [-0.05, 0) is 98.0 Å². The van der Waals surface area contributed by atoms with Gasteiger partial charge in [-0.2, -0.15) is 0 Å². The fraction of sp³-hybridized carbons (Fsp3) is 0.380. The standard InChI is InChI=1S/3C14H22O9.C14H10.C14H12.C9H8O2/c3*1-7(2)12(17)22-9(4)13(18)23-10(6-20-5)14(19)21-8(3)11(15)16;1-2-6-12-10-14-8-4-3-7-13(14)9-11(12)5-1;1-3-7-13(8-4-1)11-12-14-9-5-2-6-10-14;10-9(11)7-6-8-4-2-1-3-5-8/h3*7-10H,6H2,1-5H3,(H,15,16);1-10H;1-12H;1-7H,(H,10,11)/b;;;;12-11+;7-6+. The molecule has 0 saturated heterocycles. The summed E-state index contributed by atoms with van der Waals surface area (Å²) in [5.41, 5.74) is 3.36. The number of carbonyl (C=O) groups is 13. The van der Waals surface area contributed by atoms with E-state index in [9.17, 15) is 62.3 Å². The first-order valence-corrected chi connectivity index (χ1v) is 33.6. The van der Waals surface area contributed by atoms with Gasteiger partial charge in [0.1, 0.15) is 0 Å². The van der Waals surface area contributed by atoms with Crippen molar-refractivity contribution < 1.29 is 140 Å². The van der Waals surface area contributed by atoms with E-state index in [1.165, 1.54) is 74.8 Å². The Kier molecular flexibility index (Phi) is 45.0. The first-order chi connectivity index (χ1) is 51.0. The van der Waals surface area contributed by atoms with Crippen molar-refractivity contribution in [2.24, 2.45) is 17.8 Å². The Labute approximate surface area is 625 Å². The molecule has 29 nitrogen and oxygen atoms in total. The van der Waals surface area contributed by atoms with Crippen molar-refractivity contribution in [1.29, 1.82) is 0 Å². The number of carboxylic acid groups (broad SMARTS) is 4. The molecule has 0 aromatic heterocycles. The first-order valence-electron chi connectivity index (χ1n) is 33.6. The van der Waals surface area contributed by atoms with E-state index in [2.05, 4.69) is 111 Å². The number of benzene rings is 6. The third kappa shape index (κ3) is 38.9. The van der Waals surface area contributed by atoms with E-state index in [0.29, 0.717) is 0 Å². The maximum absolute atomic E-state index is 11.8. The molecule has 108 heavy (non-hydrogen) atoms. The van der Waals surface area contributed by atoms with Crippen LogP contribution in [0.5, 0.6) is 0 Å². The van der Waals surface area contributed by atoms with E-state index in [1.807, 2.05) is 66.7 Å². The van der Waals surface area contributed by atoms with Crippen molar-refractivity contribution >= 4 is 117 Å². The van der Waals surface area contributed by atoms with Crippen LogP contribution >= 0.6 is 0 Å². The Morgan fingerprint density at radius 3 is 0.694 bits per heavy atom. The maximum atomic E-state index is 11.8. The van der Waals surface area contributed by atoms with Crippen LogP contribution in [-0.2, 0) is 119 Å². The van der Waals surface area contributed by atoms with Crippen molar-refractivity contribution in [3.8, 4) is 0 Å². The number of hydrogen-bond acceptors (Lipinski definition) is 25. The van der Waals surface area contributed by atoms with E-state index in [4.69, 9.17) is 63.1 Å². The van der Waals surface area contributed by atoms with Crippen LogP contribution in [0.3, 0.4) is 0 Å². The molecule has 0 radical (unpaired) electrons. The van der Waals surface area contributed by atoms with Gasteiger partial charge in [-0.1, -0.05) is 193 Å². The normalized spacial score (nSPS) is 13.1. The fourth-order valence-corrected chi connectivity index (χ4v) is 7.52. The molecule has 0 spiro atoms. The quantitative estimate of drug-likeness (QED) is 0.0103. The number of ether oxygens (including phenoxy) is 12. The van der Waals surface area contributed by atoms with Crippen molar-refractivity contribution in [2.45, 2.75) is 138 Å². The summed E-state index contributed by atoms with van der Waals surface area (Å²) < 4.78 is 57.2. The number of fused-ring (bicyclic) bond motifs is 2. The fourth-order valence-electron chi connectivity index (χ4n) is 7.52. The predicted molar refractivity (Wildman–Crippen MR) is 392 cm³/mol. The molecule has 0 amide bonds. The van der Waals surface area contributed by atoms with Crippen LogP contribution < -0.4 is 0 Å². The number of esters is 9. The first kappa shape index (κ1) is 94.3.